The molecule has 0 saturated heterocycles. The zero-order valence-corrected chi connectivity index (χ0v) is 19.6. The third-order valence-electron chi connectivity index (χ3n) is 6.03. The van der Waals surface area contributed by atoms with Gasteiger partial charge in [-0.2, -0.15) is 9.78 Å². The highest BCUT2D eigenvalue weighted by molar-refractivity contribution is 6.24. The lowest BCUT2D eigenvalue weighted by atomic mass is 10.1. The molecule has 11 heteroatoms. The number of pyridine rings is 1. The van der Waals surface area contributed by atoms with Crippen LogP contribution in [0.15, 0.2) is 48.5 Å². The maximum absolute atomic E-state index is 12.9. The molecule has 1 N–H and O–H groups in total. The van der Waals surface area contributed by atoms with Crippen LogP contribution < -0.4 is 5.32 Å². The molecule has 0 spiro atoms. The molecule has 0 unspecified atom stereocenters. The van der Waals surface area contributed by atoms with Gasteiger partial charge in [0.1, 0.15) is 17.9 Å². The molecule has 0 atom stereocenters. The maximum atomic E-state index is 12.9. The average Bonchev–Trinajstić information content (AvgIpc) is 3.31. The van der Waals surface area contributed by atoms with Gasteiger partial charge in [-0.25, -0.2) is 4.98 Å². The molecule has 0 bridgehead atoms. The summed E-state index contributed by atoms with van der Waals surface area (Å²) in [5.74, 6) is -1.51. The zero-order valence-electron chi connectivity index (χ0n) is 19.6. The van der Waals surface area contributed by atoms with Gasteiger partial charge in [0.25, 0.3) is 17.5 Å². The minimum Gasteiger partial charge on any atom is -0.309 e. The molecule has 3 amide bonds. The second kappa shape index (κ2) is 8.38. The van der Waals surface area contributed by atoms with Crippen LogP contribution in [0.25, 0.3) is 16.7 Å². The summed E-state index contributed by atoms with van der Waals surface area (Å²) < 4.78 is 1.49. The van der Waals surface area contributed by atoms with E-state index in [9.17, 15) is 24.5 Å². The first-order valence-electron chi connectivity index (χ1n) is 11.0. The monoisotopic (exact) mass is 484 g/mol. The van der Waals surface area contributed by atoms with E-state index in [1.807, 2.05) is 38.1 Å². The molecule has 4 aromatic rings. The van der Waals surface area contributed by atoms with Crippen LogP contribution in [-0.2, 0) is 4.79 Å². The van der Waals surface area contributed by atoms with Crippen LogP contribution in [-0.4, -0.2) is 48.9 Å². The summed E-state index contributed by atoms with van der Waals surface area (Å²) >= 11 is 0. The Labute approximate surface area is 204 Å². The fourth-order valence-corrected chi connectivity index (χ4v) is 4.35. The number of aromatic nitrogens is 3. The quantitative estimate of drug-likeness (QED) is 0.260. The van der Waals surface area contributed by atoms with E-state index < -0.39 is 34.9 Å². The molecule has 3 heterocycles. The fraction of sp³-hybridized carbons (Fsp3) is 0.160. The topological polar surface area (TPSA) is 140 Å². The van der Waals surface area contributed by atoms with Crippen molar-refractivity contribution in [3.05, 3.63) is 86.6 Å². The van der Waals surface area contributed by atoms with Crippen molar-refractivity contribution in [2.45, 2.75) is 20.8 Å². The molecule has 1 aliphatic rings. The van der Waals surface area contributed by atoms with Crippen LogP contribution in [0, 0.1) is 30.9 Å². The van der Waals surface area contributed by atoms with Gasteiger partial charge in [0.05, 0.1) is 21.7 Å². The molecule has 0 saturated carbocycles. The first-order chi connectivity index (χ1) is 17.2. The molecular formula is C25H20N6O5. The lowest BCUT2D eigenvalue weighted by Crippen LogP contribution is -2.37. The standard InChI is InChI=1S/C25H20N6O5/c1-13-6-4-7-16-14(2)10-19(27-23(13)16)30-20(11-15(3)28-30)26-21(32)12-29-24(33)17-8-5-9-18(31(35)36)22(17)25(29)34/h4-11H,12H2,1-3H3,(H,26,32). The highest BCUT2D eigenvalue weighted by Crippen LogP contribution is 2.31. The summed E-state index contributed by atoms with van der Waals surface area (Å²) in [6, 6.07) is 13.2. The summed E-state index contributed by atoms with van der Waals surface area (Å²) in [7, 11) is 0. The lowest BCUT2D eigenvalue weighted by molar-refractivity contribution is -0.385. The average molecular weight is 484 g/mol. The normalized spacial score (nSPS) is 12.8. The van der Waals surface area contributed by atoms with Crippen molar-refractivity contribution < 1.29 is 19.3 Å². The number of rotatable bonds is 5. The zero-order chi connectivity index (χ0) is 25.7. The van der Waals surface area contributed by atoms with Gasteiger partial charge in [-0.1, -0.05) is 24.3 Å². The highest BCUT2D eigenvalue weighted by Gasteiger charge is 2.41. The molecule has 11 nitrogen and oxygen atoms in total. The van der Waals surface area contributed by atoms with Gasteiger partial charge in [-0.15, -0.1) is 0 Å². The summed E-state index contributed by atoms with van der Waals surface area (Å²) in [5.41, 5.74) is 2.51. The number of nitrogens with zero attached hydrogens (tertiary/aromatic N) is 5. The Kier molecular flexibility index (Phi) is 5.32. The molecule has 0 fully saturated rings. The van der Waals surface area contributed by atoms with E-state index in [4.69, 9.17) is 4.98 Å². The molecule has 0 aliphatic carbocycles. The molecule has 5 rings (SSSR count). The number of para-hydroxylation sites is 1. The number of benzene rings is 2. The minimum atomic E-state index is -0.885. The van der Waals surface area contributed by atoms with Crippen molar-refractivity contribution in [2.75, 3.05) is 11.9 Å². The van der Waals surface area contributed by atoms with Crippen molar-refractivity contribution in [2.24, 2.45) is 0 Å². The Bertz CT molecular complexity index is 1620. The van der Waals surface area contributed by atoms with Gasteiger partial charge in [-0.05, 0) is 44.0 Å². The first kappa shape index (κ1) is 22.8. The number of carbonyl (C=O) groups excluding carboxylic acids is 3. The number of fused-ring (bicyclic) bond motifs is 2. The molecule has 180 valence electrons. The fourth-order valence-electron chi connectivity index (χ4n) is 4.35. The predicted octanol–water partition coefficient (Wildman–Crippen LogP) is 3.49. The molecule has 36 heavy (non-hydrogen) atoms. The molecule has 2 aromatic carbocycles. The van der Waals surface area contributed by atoms with E-state index in [2.05, 4.69) is 10.4 Å². The van der Waals surface area contributed by atoms with Crippen LogP contribution in [0.4, 0.5) is 11.5 Å². The summed E-state index contributed by atoms with van der Waals surface area (Å²) in [4.78, 5) is 54.5. The van der Waals surface area contributed by atoms with E-state index in [1.165, 1.54) is 16.8 Å². The van der Waals surface area contributed by atoms with Gasteiger partial charge in [0, 0.05) is 17.5 Å². The van der Waals surface area contributed by atoms with Crippen LogP contribution in [0.1, 0.15) is 37.5 Å². The lowest BCUT2D eigenvalue weighted by Gasteiger charge is -2.15. The van der Waals surface area contributed by atoms with Crippen molar-refractivity contribution in [3.63, 3.8) is 0 Å². The van der Waals surface area contributed by atoms with Crippen molar-refractivity contribution in [3.8, 4) is 5.82 Å². The van der Waals surface area contributed by atoms with Crippen LogP contribution in [0.5, 0.6) is 0 Å². The van der Waals surface area contributed by atoms with E-state index in [0.717, 1.165) is 28.1 Å². The number of anilines is 1. The van der Waals surface area contributed by atoms with E-state index in [-0.39, 0.29) is 11.1 Å². The Balaban J connectivity index is 1.43. The van der Waals surface area contributed by atoms with Crippen LogP contribution in [0.2, 0.25) is 0 Å². The molecule has 2 aromatic heterocycles. The number of hydrogen-bond donors (Lipinski definition) is 1. The van der Waals surface area contributed by atoms with Crippen molar-refractivity contribution >= 4 is 40.1 Å². The van der Waals surface area contributed by atoms with Crippen molar-refractivity contribution in [1.29, 1.82) is 0 Å². The number of aryl methyl sites for hydroxylation is 3. The number of carbonyl (C=O) groups is 3. The number of nitro groups is 1. The smallest absolute Gasteiger partial charge is 0.282 e. The summed E-state index contributed by atoms with van der Waals surface area (Å²) in [6.45, 7) is 5.07. The van der Waals surface area contributed by atoms with Crippen LogP contribution in [0.3, 0.4) is 0 Å². The third kappa shape index (κ3) is 3.66. The van der Waals surface area contributed by atoms with Crippen molar-refractivity contribution in [1.82, 2.24) is 19.7 Å². The van der Waals surface area contributed by atoms with Gasteiger partial charge in [0.15, 0.2) is 5.82 Å². The predicted molar refractivity (Wildman–Crippen MR) is 130 cm³/mol. The number of hydrogen-bond acceptors (Lipinski definition) is 7. The van der Waals surface area contributed by atoms with E-state index >= 15 is 0 Å². The third-order valence-corrected chi connectivity index (χ3v) is 6.03. The Morgan fingerprint density at radius 3 is 2.53 bits per heavy atom. The Hall–Kier alpha value is -4.93. The summed E-state index contributed by atoms with van der Waals surface area (Å²) in [6.07, 6.45) is 0. The SMILES string of the molecule is Cc1cc(NC(=O)CN2C(=O)c3cccc([N+](=O)[O-])c3C2=O)n(-c2cc(C)c3cccc(C)c3n2)n1. The van der Waals surface area contributed by atoms with Crippen LogP contribution >= 0.6 is 0 Å². The summed E-state index contributed by atoms with van der Waals surface area (Å²) in [5, 5.41) is 19.5. The number of nitrogens with one attached hydrogen (secondary N) is 1. The van der Waals surface area contributed by atoms with Gasteiger partial charge in [0.2, 0.25) is 5.91 Å². The van der Waals surface area contributed by atoms with Gasteiger partial charge < -0.3 is 5.32 Å². The number of imide groups is 1. The second-order valence-corrected chi connectivity index (χ2v) is 8.55. The number of nitro benzene ring substituents is 1. The number of amides is 3. The second-order valence-electron chi connectivity index (χ2n) is 8.55. The maximum Gasteiger partial charge on any atom is 0.282 e. The minimum absolute atomic E-state index is 0.103. The first-order valence-corrected chi connectivity index (χ1v) is 11.0. The molecule has 0 radical (unpaired) electrons. The van der Waals surface area contributed by atoms with E-state index in [0.29, 0.717) is 22.2 Å². The largest absolute Gasteiger partial charge is 0.309 e. The van der Waals surface area contributed by atoms with Gasteiger partial charge in [-0.3, -0.25) is 29.4 Å². The van der Waals surface area contributed by atoms with Gasteiger partial charge >= 0.3 is 0 Å². The Morgan fingerprint density at radius 2 is 1.78 bits per heavy atom. The molecule has 1 aliphatic heterocycles. The molecular weight excluding hydrogens is 464 g/mol. The van der Waals surface area contributed by atoms with E-state index in [1.54, 1.807) is 13.0 Å². The highest BCUT2D eigenvalue weighted by atomic mass is 16.6. The Morgan fingerprint density at radius 1 is 1.03 bits per heavy atom.